The summed E-state index contributed by atoms with van der Waals surface area (Å²) >= 11 is 0. The van der Waals surface area contributed by atoms with Crippen LogP contribution in [0.5, 0.6) is 0 Å². The Morgan fingerprint density at radius 3 is 2.40 bits per heavy atom. The first-order valence-corrected chi connectivity index (χ1v) is 14.0. The number of carbonyl (C=O) groups is 1. The summed E-state index contributed by atoms with van der Waals surface area (Å²) in [4.78, 5) is 17.8. The van der Waals surface area contributed by atoms with Crippen LogP contribution >= 0.6 is 0 Å². The van der Waals surface area contributed by atoms with Crippen LogP contribution in [-0.4, -0.2) is 77.6 Å². The first-order chi connectivity index (χ1) is 16.8. The van der Waals surface area contributed by atoms with Gasteiger partial charge in [0.2, 0.25) is 0 Å². The molecule has 3 heterocycles. The lowest BCUT2D eigenvalue weighted by atomic mass is 10.0. The van der Waals surface area contributed by atoms with E-state index in [0.29, 0.717) is 50.4 Å². The molecule has 0 N–H and O–H groups in total. The van der Waals surface area contributed by atoms with Gasteiger partial charge in [-0.15, -0.1) is 0 Å². The summed E-state index contributed by atoms with van der Waals surface area (Å²) in [6, 6.07) is 16.4. The van der Waals surface area contributed by atoms with E-state index < -0.39 is 9.84 Å². The number of carbonyl (C=O) groups excluding carboxylic acids is 1. The van der Waals surface area contributed by atoms with Crippen molar-refractivity contribution in [3.8, 4) is 11.3 Å². The van der Waals surface area contributed by atoms with Gasteiger partial charge in [0.05, 0.1) is 23.6 Å². The van der Waals surface area contributed by atoms with Crippen molar-refractivity contribution in [1.29, 1.82) is 0 Å². The van der Waals surface area contributed by atoms with Gasteiger partial charge < -0.3 is 4.90 Å². The number of piperazine rings is 1. The quantitative estimate of drug-likeness (QED) is 0.547. The average molecular weight is 493 g/mol. The molecule has 5 rings (SSSR count). The molecule has 3 aromatic rings. The third kappa shape index (κ3) is 5.18. The molecular weight excluding hydrogens is 460 g/mol. The Hall–Kier alpha value is -2.97. The monoisotopic (exact) mass is 492 g/mol. The van der Waals surface area contributed by atoms with Crippen LogP contribution < -0.4 is 0 Å². The number of sulfone groups is 1. The highest BCUT2D eigenvalue weighted by Gasteiger charge is 2.35. The third-order valence-electron chi connectivity index (χ3n) is 7.29. The number of nitrogens with zero attached hydrogens (tertiary/aromatic N) is 4. The second kappa shape index (κ2) is 9.59. The molecule has 0 aliphatic carbocycles. The van der Waals surface area contributed by atoms with Crippen LogP contribution in [0.15, 0.2) is 54.7 Å². The highest BCUT2D eigenvalue weighted by Crippen LogP contribution is 2.27. The van der Waals surface area contributed by atoms with Crippen LogP contribution in [0.25, 0.3) is 11.3 Å². The number of hydrogen-bond acceptors (Lipinski definition) is 5. The molecule has 0 saturated carbocycles. The van der Waals surface area contributed by atoms with Gasteiger partial charge >= 0.3 is 0 Å². The number of aromatic nitrogens is 2. The molecule has 0 unspecified atom stereocenters. The first kappa shape index (κ1) is 23.8. The van der Waals surface area contributed by atoms with Gasteiger partial charge in [0.25, 0.3) is 5.91 Å². The van der Waals surface area contributed by atoms with Crippen molar-refractivity contribution < 1.29 is 13.2 Å². The molecule has 35 heavy (non-hydrogen) atoms. The smallest absolute Gasteiger partial charge is 0.257 e. The van der Waals surface area contributed by atoms with Gasteiger partial charge in [0.1, 0.15) is 5.69 Å². The summed E-state index contributed by atoms with van der Waals surface area (Å²) in [6.45, 7) is 7.32. The molecule has 0 spiro atoms. The maximum Gasteiger partial charge on any atom is 0.257 e. The van der Waals surface area contributed by atoms with Gasteiger partial charge in [-0.2, -0.15) is 5.10 Å². The molecule has 2 aliphatic rings. The number of rotatable bonds is 5. The van der Waals surface area contributed by atoms with Crippen LogP contribution in [0.4, 0.5) is 0 Å². The molecule has 0 bridgehead atoms. The molecule has 1 amide bonds. The van der Waals surface area contributed by atoms with Gasteiger partial charge in [-0.1, -0.05) is 42.5 Å². The normalized spacial score (nSPS) is 20.3. The minimum absolute atomic E-state index is 0.0174. The molecule has 2 saturated heterocycles. The molecule has 8 heteroatoms. The molecule has 1 atom stereocenters. The zero-order valence-corrected chi connectivity index (χ0v) is 21.2. The van der Waals surface area contributed by atoms with E-state index in [-0.39, 0.29) is 23.5 Å². The summed E-state index contributed by atoms with van der Waals surface area (Å²) in [6.07, 6.45) is 2.56. The van der Waals surface area contributed by atoms with Gasteiger partial charge in [0.15, 0.2) is 9.84 Å². The summed E-state index contributed by atoms with van der Waals surface area (Å²) in [5.41, 5.74) is 5.76. The Bertz CT molecular complexity index is 1330. The largest absolute Gasteiger partial charge is 0.336 e. The van der Waals surface area contributed by atoms with Gasteiger partial charge in [0, 0.05) is 44.0 Å². The molecule has 184 valence electrons. The fourth-order valence-corrected chi connectivity index (χ4v) is 6.82. The molecular formula is C27H32N4O3S. The Kier molecular flexibility index (Phi) is 6.51. The van der Waals surface area contributed by atoms with E-state index in [4.69, 9.17) is 5.10 Å². The maximum absolute atomic E-state index is 13.7. The van der Waals surface area contributed by atoms with E-state index in [1.54, 1.807) is 0 Å². The van der Waals surface area contributed by atoms with Crippen LogP contribution in [0.2, 0.25) is 0 Å². The standard InChI is InChI=1S/C27H32N4O3S/c1-20-8-9-23(16-21(20)2)26-25(18-31(28-26)17-22-6-4-3-5-7-22)27(32)30-13-11-29(12-14-30)24-10-15-35(33,34)19-24/h3-9,16,18,24H,10-15,17,19H2,1-2H3/t24-/m0/s1. The highest BCUT2D eigenvalue weighted by atomic mass is 32.2. The summed E-state index contributed by atoms with van der Waals surface area (Å²) < 4.78 is 25.6. The zero-order chi connectivity index (χ0) is 24.6. The van der Waals surface area contributed by atoms with Crippen molar-refractivity contribution >= 4 is 15.7 Å². The zero-order valence-electron chi connectivity index (χ0n) is 20.4. The van der Waals surface area contributed by atoms with Gasteiger partial charge in [-0.05, 0) is 43.0 Å². The van der Waals surface area contributed by atoms with Crippen molar-refractivity contribution in [2.75, 3.05) is 37.7 Å². The number of hydrogen-bond donors (Lipinski definition) is 0. The number of benzene rings is 2. The Morgan fingerprint density at radius 2 is 1.74 bits per heavy atom. The average Bonchev–Trinajstić information content (AvgIpc) is 3.44. The number of amides is 1. The van der Waals surface area contributed by atoms with Crippen molar-refractivity contribution in [2.45, 2.75) is 32.9 Å². The Balaban J connectivity index is 1.38. The minimum Gasteiger partial charge on any atom is -0.336 e. The maximum atomic E-state index is 13.7. The second-order valence-corrected chi connectivity index (χ2v) is 12.0. The van der Waals surface area contributed by atoms with E-state index in [2.05, 4.69) is 43.0 Å². The SMILES string of the molecule is Cc1ccc(-c2nn(Cc3ccccc3)cc2C(=O)N2CCN([C@H]3CCS(=O)(=O)C3)CC2)cc1C. The van der Waals surface area contributed by atoms with Gasteiger partial charge in [-0.3, -0.25) is 14.4 Å². The van der Waals surface area contributed by atoms with E-state index >= 15 is 0 Å². The predicted octanol–water partition coefficient (Wildman–Crippen LogP) is 3.16. The van der Waals surface area contributed by atoms with Gasteiger partial charge in [-0.25, -0.2) is 8.42 Å². The first-order valence-electron chi connectivity index (χ1n) is 12.2. The lowest BCUT2D eigenvalue weighted by Gasteiger charge is -2.37. The highest BCUT2D eigenvalue weighted by molar-refractivity contribution is 7.91. The van der Waals surface area contributed by atoms with E-state index in [1.165, 1.54) is 11.1 Å². The summed E-state index contributed by atoms with van der Waals surface area (Å²) in [5, 5.41) is 4.85. The fraction of sp³-hybridized carbons (Fsp3) is 0.407. The van der Waals surface area contributed by atoms with Crippen LogP contribution in [-0.2, 0) is 16.4 Å². The Labute approximate surface area is 207 Å². The lowest BCUT2D eigenvalue weighted by molar-refractivity contribution is 0.0588. The summed E-state index contributed by atoms with van der Waals surface area (Å²) in [5.74, 6) is 0.497. The number of aryl methyl sites for hydroxylation is 2. The van der Waals surface area contributed by atoms with Crippen LogP contribution in [0.3, 0.4) is 0 Å². The topological polar surface area (TPSA) is 75.5 Å². The second-order valence-electron chi connectivity index (χ2n) is 9.76. The lowest BCUT2D eigenvalue weighted by Crippen LogP contribution is -2.52. The molecule has 0 radical (unpaired) electrons. The molecule has 7 nitrogen and oxygen atoms in total. The van der Waals surface area contributed by atoms with Crippen molar-refractivity contribution in [3.05, 3.63) is 77.0 Å². The van der Waals surface area contributed by atoms with Crippen molar-refractivity contribution in [1.82, 2.24) is 19.6 Å². The van der Waals surface area contributed by atoms with Crippen molar-refractivity contribution in [3.63, 3.8) is 0 Å². The van der Waals surface area contributed by atoms with Crippen LogP contribution in [0, 0.1) is 13.8 Å². The van der Waals surface area contributed by atoms with E-state index in [1.807, 2.05) is 40.0 Å². The Morgan fingerprint density at radius 1 is 1.00 bits per heavy atom. The van der Waals surface area contributed by atoms with Crippen LogP contribution in [0.1, 0.15) is 33.5 Å². The van der Waals surface area contributed by atoms with E-state index in [9.17, 15) is 13.2 Å². The fourth-order valence-electron chi connectivity index (χ4n) is 5.06. The predicted molar refractivity (Wildman–Crippen MR) is 137 cm³/mol. The van der Waals surface area contributed by atoms with E-state index in [0.717, 1.165) is 11.1 Å². The molecule has 1 aromatic heterocycles. The molecule has 2 aromatic carbocycles. The van der Waals surface area contributed by atoms with Crippen molar-refractivity contribution in [2.24, 2.45) is 0 Å². The molecule has 2 aliphatic heterocycles. The molecule has 2 fully saturated rings. The minimum atomic E-state index is -2.92. The third-order valence-corrected chi connectivity index (χ3v) is 9.04. The summed E-state index contributed by atoms with van der Waals surface area (Å²) in [7, 11) is -2.92.